The van der Waals surface area contributed by atoms with Gasteiger partial charge in [0.2, 0.25) is 5.91 Å². The summed E-state index contributed by atoms with van der Waals surface area (Å²) in [6, 6.07) is 32.9. The van der Waals surface area contributed by atoms with Crippen LogP contribution in [0.5, 0.6) is 0 Å². The number of carbonyl (C=O) groups is 2. The van der Waals surface area contributed by atoms with Crippen molar-refractivity contribution in [3.05, 3.63) is 125 Å². The number of aromatic nitrogens is 1. The Kier molecular flexibility index (Phi) is 7.86. The summed E-state index contributed by atoms with van der Waals surface area (Å²) >= 11 is 2.95. The quantitative estimate of drug-likeness (QED) is 0.205. The minimum absolute atomic E-state index is 0.0573. The van der Waals surface area contributed by atoms with Crippen LogP contribution in [0, 0.1) is 6.92 Å². The van der Waals surface area contributed by atoms with E-state index in [-0.39, 0.29) is 23.1 Å². The molecule has 190 valence electrons. The fourth-order valence-corrected chi connectivity index (χ4v) is 6.40. The van der Waals surface area contributed by atoms with Crippen molar-refractivity contribution in [3.63, 3.8) is 0 Å². The highest BCUT2D eigenvalue weighted by Crippen LogP contribution is 2.34. The van der Waals surface area contributed by atoms with Crippen molar-refractivity contribution in [2.75, 3.05) is 5.32 Å². The molecule has 7 heteroatoms. The Hall–Kier alpha value is -3.94. The van der Waals surface area contributed by atoms with Gasteiger partial charge in [0.05, 0.1) is 21.5 Å². The number of carbonyl (C=O) groups excluding carboxylic acids is 2. The van der Waals surface area contributed by atoms with Crippen LogP contribution in [0.4, 0.5) is 5.69 Å². The molecule has 0 radical (unpaired) electrons. The van der Waals surface area contributed by atoms with Gasteiger partial charge in [-0.1, -0.05) is 90.1 Å². The highest BCUT2D eigenvalue weighted by atomic mass is 32.2. The molecule has 1 unspecified atom stereocenters. The monoisotopic (exact) mass is 537 g/mol. The van der Waals surface area contributed by atoms with Crippen LogP contribution >= 0.6 is 23.1 Å². The average molecular weight is 538 g/mol. The molecule has 5 aromatic rings. The van der Waals surface area contributed by atoms with Gasteiger partial charge in [-0.15, -0.1) is 11.3 Å². The van der Waals surface area contributed by atoms with Crippen molar-refractivity contribution in [1.82, 2.24) is 10.3 Å². The first-order valence-corrected chi connectivity index (χ1v) is 14.0. The van der Waals surface area contributed by atoms with E-state index in [1.807, 2.05) is 111 Å². The van der Waals surface area contributed by atoms with E-state index >= 15 is 0 Å². The van der Waals surface area contributed by atoms with Gasteiger partial charge >= 0.3 is 0 Å². The summed E-state index contributed by atoms with van der Waals surface area (Å²) < 4.78 is 1.76. The number of hydrogen-bond donors (Lipinski definition) is 2. The fraction of sp³-hybridized carbons (Fsp3) is 0.129. The molecule has 0 bridgehead atoms. The summed E-state index contributed by atoms with van der Waals surface area (Å²) in [6.07, 6.45) is 0. The van der Waals surface area contributed by atoms with Gasteiger partial charge in [-0.05, 0) is 55.3 Å². The molecule has 5 nitrogen and oxygen atoms in total. The molecule has 38 heavy (non-hydrogen) atoms. The third-order valence-corrected chi connectivity index (χ3v) is 8.32. The van der Waals surface area contributed by atoms with Crippen LogP contribution in [-0.2, 0) is 4.79 Å². The summed E-state index contributed by atoms with van der Waals surface area (Å²) in [4.78, 5) is 30.6. The fourth-order valence-electron chi connectivity index (χ4n) is 4.14. The Morgan fingerprint density at radius 2 is 1.53 bits per heavy atom. The third-order valence-electron chi connectivity index (χ3n) is 6.11. The summed E-state index contributed by atoms with van der Waals surface area (Å²) in [5.41, 5.74) is 5.27. The average Bonchev–Trinajstić information content (AvgIpc) is 3.34. The zero-order valence-corrected chi connectivity index (χ0v) is 22.7. The van der Waals surface area contributed by atoms with Gasteiger partial charge < -0.3 is 10.6 Å². The highest BCUT2D eigenvalue weighted by molar-refractivity contribution is 8.02. The van der Waals surface area contributed by atoms with Gasteiger partial charge in [0.15, 0.2) is 4.34 Å². The normalized spacial score (nSPS) is 11.9. The zero-order chi connectivity index (χ0) is 26.5. The number of aryl methyl sites for hydroxylation is 1. The molecule has 0 fully saturated rings. The van der Waals surface area contributed by atoms with Crippen LogP contribution in [0.15, 0.2) is 107 Å². The van der Waals surface area contributed by atoms with Crippen LogP contribution < -0.4 is 10.6 Å². The van der Waals surface area contributed by atoms with E-state index in [1.54, 1.807) is 6.07 Å². The molecule has 1 aromatic heterocycles. The van der Waals surface area contributed by atoms with Crippen LogP contribution in [0.2, 0.25) is 0 Å². The van der Waals surface area contributed by atoms with E-state index in [1.165, 1.54) is 23.1 Å². The standard InChI is InChI=1S/C31H27N3O2S2/c1-20-10-9-15-24(18-20)30(36)32-25-16-17-26-27(19-25)38-31(33-26)37-21(2)29(35)34-28(22-11-5-3-6-12-22)23-13-7-4-8-14-23/h3-19,21,28H,1-2H3,(H,32,36)(H,34,35). The predicted molar refractivity (Wildman–Crippen MR) is 157 cm³/mol. The number of thioether (sulfide) groups is 1. The summed E-state index contributed by atoms with van der Waals surface area (Å²) in [5.74, 6) is -0.207. The lowest BCUT2D eigenvalue weighted by molar-refractivity contribution is -0.120. The summed E-state index contributed by atoms with van der Waals surface area (Å²) in [5, 5.41) is 5.85. The van der Waals surface area contributed by atoms with Crippen molar-refractivity contribution >= 4 is 50.8 Å². The number of fused-ring (bicyclic) bond motifs is 1. The lowest BCUT2D eigenvalue weighted by Gasteiger charge is -2.21. The van der Waals surface area contributed by atoms with E-state index in [0.29, 0.717) is 11.3 Å². The molecular formula is C31H27N3O2S2. The number of rotatable bonds is 8. The number of benzene rings is 4. The van der Waals surface area contributed by atoms with E-state index in [4.69, 9.17) is 4.98 Å². The molecule has 0 aliphatic carbocycles. The predicted octanol–water partition coefficient (Wildman–Crippen LogP) is 7.24. The zero-order valence-electron chi connectivity index (χ0n) is 21.0. The van der Waals surface area contributed by atoms with Crippen LogP contribution in [-0.4, -0.2) is 22.0 Å². The lowest BCUT2D eigenvalue weighted by atomic mass is 9.98. The Morgan fingerprint density at radius 1 is 0.842 bits per heavy atom. The number of anilines is 1. The van der Waals surface area contributed by atoms with Crippen LogP contribution in [0.1, 0.15) is 40.0 Å². The second-order valence-corrected chi connectivity index (χ2v) is 11.6. The number of nitrogens with zero attached hydrogens (tertiary/aromatic N) is 1. The number of thiazole rings is 1. The number of hydrogen-bond acceptors (Lipinski definition) is 5. The highest BCUT2D eigenvalue weighted by Gasteiger charge is 2.22. The summed E-state index contributed by atoms with van der Waals surface area (Å²) in [7, 11) is 0. The molecule has 0 aliphatic rings. The van der Waals surface area contributed by atoms with Crippen LogP contribution in [0.3, 0.4) is 0 Å². The Labute approximate surface area is 230 Å². The molecular weight excluding hydrogens is 510 g/mol. The van der Waals surface area contributed by atoms with E-state index < -0.39 is 0 Å². The maximum Gasteiger partial charge on any atom is 0.255 e. The van der Waals surface area contributed by atoms with Gasteiger partial charge in [-0.3, -0.25) is 9.59 Å². The molecule has 2 amide bonds. The van der Waals surface area contributed by atoms with Crippen molar-refractivity contribution in [2.45, 2.75) is 29.5 Å². The maximum atomic E-state index is 13.3. The van der Waals surface area contributed by atoms with Crippen LogP contribution in [0.25, 0.3) is 10.2 Å². The topological polar surface area (TPSA) is 71.1 Å². The van der Waals surface area contributed by atoms with Crippen molar-refractivity contribution in [1.29, 1.82) is 0 Å². The SMILES string of the molecule is Cc1cccc(C(=O)Nc2ccc3nc(SC(C)C(=O)NC(c4ccccc4)c4ccccc4)sc3c2)c1. The second kappa shape index (κ2) is 11.6. The molecule has 2 N–H and O–H groups in total. The minimum atomic E-state index is -0.342. The van der Waals surface area contributed by atoms with Crippen molar-refractivity contribution in [2.24, 2.45) is 0 Å². The van der Waals surface area contributed by atoms with Gasteiger partial charge in [-0.2, -0.15) is 0 Å². The molecule has 4 aromatic carbocycles. The largest absolute Gasteiger partial charge is 0.344 e. The molecule has 0 saturated heterocycles. The smallest absolute Gasteiger partial charge is 0.255 e. The van der Waals surface area contributed by atoms with E-state index in [0.717, 1.165) is 31.2 Å². The van der Waals surface area contributed by atoms with Gasteiger partial charge in [0.1, 0.15) is 0 Å². The lowest BCUT2D eigenvalue weighted by Crippen LogP contribution is -2.34. The first-order chi connectivity index (χ1) is 18.5. The first-order valence-electron chi connectivity index (χ1n) is 12.3. The summed E-state index contributed by atoms with van der Waals surface area (Å²) in [6.45, 7) is 3.86. The Bertz CT molecular complexity index is 1530. The molecule has 0 aliphatic heterocycles. The Balaban J connectivity index is 1.28. The van der Waals surface area contributed by atoms with Gasteiger partial charge in [0, 0.05) is 11.3 Å². The molecule has 1 heterocycles. The number of nitrogens with one attached hydrogen (secondary N) is 2. The van der Waals surface area contributed by atoms with E-state index in [2.05, 4.69) is 10.6 Å². The van der Waals surface area contributed by atoms with Gasteiger partial charge in [0.25, 0.3) is 5.91 Å². The maximum absolute atomic E-state index is 13.3. The van der Waals surface area contributed by atoms with Crippen molar-refractivity contribution < 1.29 is 9.59 Å². The molecule has 0 saturated carbocycles. The second-order valence-electron chi connectivity index (χ2n) is 9.01. The molecule has 0 spiro atoms. The number of amides is 2. The van der Waals surface area contributed by atoms with Gasteiger partial charge in [-0.25, -0.2) is 4.98 Å². The molecule has 5 rings (SSSR count). The molecule has 1 atom stereocenters. The Morgan fingerprint density at radius 3 is 2.18 bits per heavy atom. The van der Waals surface area contributed by atoms with E-state index in [9.17, 15) is 9.59 Å². The minimum Gasteiger partial charge on any atom is -0.344 e. The van der Waals surface area contributed by atoms with Crippen molar-refractivity contribution in [3.8, 4) is 0 Å². The third kappa shape index (κ3) is 6.13. The first kappa shape index (κ1) is 25.7.